The van der Waals surface area contributed by atoms with Gasteiger partial charge >= 0.3 is 0 Å². The van der Waals surface area contributed by atoms with Gasteiger partial charge in [0.25, 0.3) is 0 Å². The second-order valence-electron chi connectivity index (χ2n) is 5.99. The molecular weight excluding hydrogens is 489 g/mol. The van der Waals surface area contributed by atoms with Gasteiger partial charge in [0.05, 0.1) is 21.3 Å². The average molecular weight is 519 g/mol. The van der Waals surface area contributed by atoms with Gasteiger partial charge in [-0.15, -0.1) is 35.3 Å². The van der Waals surface area contributed by atoms with Crippen LogP contribution < -0.4 is 19.5 Å². The number of nitrogens with zero attached hydrogens (tertiary/aromatic N) is 2. The molecule has 0 unspecified atom stereocenters. The Morgan fingerprint density at radius 3 is 2.29 bits per heavy atom. The van der Waals surface area contributed by atoms with E-state index in [1.165, 1.54) is 4.88 Å². The molecule has 6 nitrogen and oxygen atoms in total. The highest BCUT2D eigenvalue weighted by Crippen LogP contribution is 2.34. The molecule has 1 aromatic heterocycles. The average Bonchev–Trinajstić information content (AvgIpc) is 3.22. The summed E-state index contributed by atoms with van der Waals surface area (Å²) < 4.78 is 16.3. The first kappa shape index (κ1) is 24.4. The van der Waals surface area contributed by atoms with E-state index in [0.29, 0.717) is 5.75 Å². The summed E-state index contributed by atoms with van der Waals surface area (Å²) in [5.41, 5.74) is 1.00. The zero-order chi connectivity index (χ0) is 19.6. The highest BCUT2D eigenvalue weighted by atomic mass is 127. The maximum absolute atomic E-state index is 5.51. The first-order valence-corrected chi connectivity index (χ1v) is 9.74. The first-order chi connectivity index (χ1) is 13.1. The van der Waals surface area contributed by atoms with E-state index >= 15 is 0 Å². The Labute approximate surface area is 188 Å². The summed E-state index contributed by atoms with van der Waals surface area (Å²) in [5.74, 6) is 3.10. The molecule has 156 valence electrons. The molecule has 2 aromatic rings. The van der Waals surface area contributed by atoms with Crippen molar-refractivity contribution in [2.45, 2.75) is 12.8 Å². The summed E-state index contributed by atoms with van der Waals surface area (Å²) in [6.07, 6.45) is 1.75. The van der Waals surface area contributed by atoms with Crippen molar-refractivity contribution in [2.75, 3.05) is 48.5 Å². The van der Waals surface area contributed by atoms with Crippen LogP contribution >= 0.6 is 35.3 Å². The SMILES string of the molecule is CN=C(NCCc1c(OC)cc(OC)cc1OC)N(C)CCc1cccs1.I. The summed E-state index contributed by atoms with van der Waals surface area (Å²) in [6.45, 7) is 1.63. The minimum atomic E-state index is 0. The number of nitrogens with one attached hydrogen (secondary N) is 1. The van der Waals surface area contributed by atoms with E-state index in [1.54, 1.807) is 39.7 Å². The highest BCUT2D eigenvalue weighted by molar-refractivity contribution is 14.0. The van der Waals surface area contributed by atoms with Gasteiger partial charge in [0.2, 0.25) is 0 Å². The molecule has 0 aliphatic heterocycles. The van der Waals surface area contributed by atoms with Gasteiger partial charge in [0.1, 0.15) is 17.2 Å². The van der Waals surface area contributed by atoms with Crippen LogP contribution in [0.15, 0.2) is 34.6 Å². The quantitative estimate of drug-likeness (QED) is 0.311. The third-order valence-corrected chi connectivity index (χ3v) is 5.26. The predicted molar refractivity (Wildman–Crippen MR) is 127 cm³/mol. The Balaban J connectivity index is 0.00000392. The fraction of sp³-hybridized carbons (Fsp3) is 0.450. The summed E-state index contributed by atoms with van der Waals surface area (Å²) in [6, 6.07) is 8.00. The lowest BCUT2D eigenvalue weighted by Gasteiger charge is -2.22. The molecule has 0 amide bonds. The van der Waals surface area contributed by atoms with Crippen molar-refractivity contribution in [1.29, 1.82) is 0 Å². The molecule has 8 heteroatoms. The Morgan fingerprint density at radius 2 is 1.79 bits per heavy atom. The van der Waals surface area contributed by atoms with E-state index in [-0.39, 0.29) is 24.0 Å². The van der Waals surface area contributed by atoms with Crippen molar-refractivity contribution in [1.82, 2.24) is 10.2 Å². The Morgan fingerprint density at radius 1 is 1.11 bits per heavy atom. The fourth-order valence-electron chi connectivity index (χ4n) is 2.85. The third kappa shape index (κ3) is 6.73. The maximum Gasteiger partial charge on any atom is 0.193 e. The van der Waals surface area contributed by atoms with Gasteiger partial charge in [-0.25, -0.2) is 0 Å². The van der Waals surface area contributed by atoms with Gasteiger partial charge in [0.15, 0.2) is 5.96 Å². The lowest BCUT2D eigenvalue weighted by molar-refractivity contribution is 0.368. The molecule has 0 fully saturated rings. The van der Waals surface area contributed by atoms with Crippen LogP contribution in [-0.4, -0.2) is 59.4 Å². The lowest BCUT2D eigenvalue weighted by Crippen LogP contribution is -2.40. The van der Waals surface area contributed by atoms with Crippen molar-refractivity contribution in [3.8, 4) is 17.2 Å². The van der Waals surface area contributed by atoms with Crippen LogP contribution in [0.25, 0.3) is 0 Å². The standard InChI is InChI=1S/C20H29N3O3S.HI/c1-21-20(23(2)11-9-16-7-6-12-27-16)22-10-8-17-18(25-4)13-15(24-3)14-19(17)26-5;/h6-7,12-14H,8-11H2,1-5H3,(H,21,22);1H. The van der Waals surface area contributed by atoms with Gasteiger partial charge in [-0.1, -0.05) is 6.07 Å². The number of likely N-dealkylation sites (N-methyl/N-ethyl adjacent to an activating group) is 1. The van der Waals surface area contributed by atoms with E-state index in [2.05, 4.69) is 39.8 Å². The number of ether oxygens (including phenoxy) is 3. The molecule has 1 heterocycles. The molecule has 0 saturated carbocycles. The Bertz CT molecular complexity index is 713. The summed E-state index contributed by atoms with van der Waals surface area (Å²) in [5, 5.41) is 5.53. The predicted octanol–water partition coefficient (Wildman–Crippen LogP) is 3.68. The molecule has 1 aromatic carbocycles. The van der Waals surface area contributed by atoms with Gasteiger partial charge in [-0.3, -0.25) is 4.99 Å². The molecule has 2 rings (SSSR count). The maximum atomic E-state index is 5.51. The minimum Gasteiger partial charge on any atom is -0.496 e. The first-order valence-electron chi connectivity index (χ1n) is 8.86. The highest BCUT2D eigenvalue weighted by Gasteiger charge is 2.14. The van der Waals surface area contributed by atoms with Crippen LogP contribution in [0.3, 0.4) is 0 Å². The molecule has 0 radical (unpaired) electrons. The molecule has 1 N–H and O–H groups in total. The van der Waals surface area contributed by atoms with E-state index in [1.807, 2.05) is 12.1 Å². The van der Waals surface area contributed by atoms with Crippen LogP contribution in [-0.2, 0) is 12.8 Å². The van der Waals surface area contributed by atoms with Crippen molar-refractivity contribution in [2.24, 2.45) is 4.99 Å². The second-order valence-corrected chi connectivity index (χ2v) is 7.02. The number of benzene rings is 1. The number of guanidine groups is 1. The molecule has 0 bridgehead atoms. The number of hydrogen-bond donors (Lipinski definition) is 1. The van der Waals surface area contributed by atoms with Crippen molar-refractivity contribution in [3.63, 3.8) is 0 Å². The zero-order valence-electron chi connectivity index (χ0n) is 17.2. The number of aliphatic imine (C=N–C) groups is 1. The van der Waals surface area contributed by atoms with Gasteiger partial charge < -0.3 is 24.4 Å². The second kappa shape index (κ2) is 12.7. The van der Waals surface area contributed by atoms with Crippen LogP contribution in [0, 0.1) is 0 Å². The molecule has 0 aliphatic rings. The summed E-state index contributed by atoms with van der Waals surface area (Å²) >= 11 is 1.79. The number of halogens is 1. The number of rotatable bonds is 9. The number of thiophene rings is 1. The fourth-order valence-corrected chi connectivity index (χ4v) is 3.55. The molecule has 28 heavy (non-hydrogen) atoms. The minimum absolute atomic E-state index is 0. The van der Waals surface area contributed by atoms with E-state index in [9.17, 15) is 0 Å². The smallest absolute Gasteiger partial charge is 0.193 e. The number of methoxy groups -OCH3 is 3. The molecular formula is C20H30IN3O3S. The molecule has 0 atom stereocenters. The molecule has 0 spiro atoms. The summed E-state index contributed by atoms with van der Waals surface area (Å²) in [4.78, 5) is 7.90. The summed E-state index contributed by atoms with van der Waals surface area (Å²) in [7, 11) is 8.80. The van der Waals surface area contributed by atoms with Gasteiger partial charge in [-0.2, -0.15) is 0 Å². The largest absolute Gasteiger partial charge is 0.496 e. The topological polar surface area (TPSA) is 55.3 Å². The molecule has 0 aliphatic carbocycles. The normalized spacial score (nSPS) is 10.8. The van der Waals surface area contributed by atoms with Gasteiger partial charge in [0, 0.05) is 49.8 Å². The monoisotopic (exact) mass is 519 g/mol. The third-order valence-electron chi connectivity index (χ3n) is 4.32. The Hall–Kier alpha value is -1.68. The van der Waals surface area contributed by atoms with Crippen molar-refractivity contribution in [3.05, 3.63) is 40.1 Å². The van der Waals surface area contributed by atoms with Crippen LogP contribution in [0.1, 0.15) is 10.4 Å². The van der Waals surface area contributed by atoms with Crippen molar-refractivity contribution < 1.29 is 14.2 Å². The van der Waals surface area contributed by atoms with Crippen LogP contribution in [0.4, 0.5) is 0 Å². The van der Waals surface area contributed by atoms with Gasteiger partial charge in [-0.05, 0) is 24.3 Å². The molecule has 0 saturated heterocycles. The van der Waals surface area contributed by atoms with E-state index in [0.717, 1.165) is 49.0 Å². The van der Waals surface area contributed by atoms with Crippen molar-refractivity contribution >= 4 is 41.3 Å². The van der Waals surface area contributed by atoms with Crippen LogP contribution in [0.5, 0.6) is 17.2 Å². The number of hydrogen-bond acceptors (Lipinski definition) is 5. The van der Waals surface area contributed by atoms with E-state index < -0.39 is 0 Å². The Kier molecular flexibility index (Phi) is 11.1. The lowest BCUT2D eigenvalue weighted by atomic mass is 10.1. The van der Waals surface area contributed by atoms with E-state index in [4.69, 9.17) is 14.2 Å². The zero-order valence-corrected chi connectivity index (χ0v) is 20.3. The van der Waals surface area contributed by atoms with Crippen LogP contribution in [0.2, 0.25) is 0 Å².